The Labute approximate surface area is 205 Å². The average Bonchev–Trinajstić information content (AvgIpc) is 3.20. The molecule has 0 saturated heterocycles. The second-order valence-corrected chi connectivity index (χ2v) is 8.56. The van der Waals surface area contributed by atoms with Crippen molar-refractivity contribution >= 4 is 17.5 Å². The summed E-state index contributed by atoms with van der Waals surface area (Å²) in [5.74, 6) is 1.07. The van der Waals surface area contributed by atoms with Gasteiger partial charge in [0, 0.05) is 17.8 Å². The molecule has 0 aliphatic carbocycles. The highest BCUT2D eigenvalue weighted by molar-refractivity contribution is 5.99. The van der Waals surface area contributed by atoms with Gasteiger partial charge in [-0.1, -0.05) is 30.3 Å². The Hall–Kier alpha value is -4.00. The number of rotatable bonds is 8. The van der Waals surface area contributed by atoms with Crippen molar-refractivity contribution in [1.82, 2.24) is 4.90 Å². The van der Waals surface area contributed by atoms with Crippen molar-refractivity contribution in [3.8, 4) is 17.2 Å². The van der Waals surface area contributed by atoms with E-state index in [1.165, 1.54) is 7.11 Å². The van der Waals surface area contributed by atoms with Gasteiger partial charge in [0.2, 0.25) is 11.7 Å². The summed E-state index contributed by atoms with van der Waals surface area (Å²) in [6.07, 6.45) is 0.0613. The van der Waals surface area contributed by atoms with Crippen molar-refractivity contribution in [2.75, 3.05) is 26.6 Å². The van der Waals surface area contributed by atoms with Gasteiger partial charge in [0.05, 0.1) is 33.8 Å². The van der Waals surface area contributed by atoms with E-state index >= 15 is 0 Å². The van der Waals surface area contributed by atoms with Gasteiger partial charge >= 0.3 is 0 Å². The Kier molecular flexibility index (Phi) is 6.96. The van der Waals surface area contributed by atoms with Crippen molar-refractivity contribution in [2.45, 2.75) is 32.9 Å². The fraction of sp³-hybridized carbons (Fsp3) is 0.286. The van der Waals surface area contributed by atoms with Crippen molar-refractivity contribution in [1.29, 1.82) is 0 Å². The fourth-order valence-electron chi connectivity index (χ4n) is 4.49. The monoisotopic (exact) mass is 474 g/mol. The van der Waals surface area contributed by atoms with Gasteiger partial charge in [-0.05, 0) is 60.4 Å². The number of carbonyl (C=O) groups excluding carboxylic acids is 2. The van der Waals surface area contributed by atoms with Crippen LogP contribution in [-0.2, 0) is 11.3 Å². The highest BCUT2D eigenvalue weighted by Crippen LogP contribution is 2.43. The molecule has 1 atom stereocenters. The number of amides is 2. The maximum Gasteiger partial charge on any atom is 0.255 e. The SMILES string of the molecule is COc1cc(C(CC(=O)Nc2cccc(C)c2C)N2Cc3ccccc3C2=O)cc(OC)c1OC. The molecule has 1 aliphatic rings. The van der Waals surface area contributed by atoms with Crippen LogP contribution in [0.5, 0.6) is 17.2 Å². The van der Waals surface area contributed by atoms with Crippen LogP contribution < -0.4 is 19.5 Å². The van der Waals surface area contributed by atoms with Crippen molar-refractivity contribution in [3.05, 3.63) is 82.4 Å². The average molecular weight is 475 g/mol. The minimum atomic E-state index is -0.547. The van der Waals surface area contributed by atoms with E-state index in [1.54, 1.807) is 31.3 Å². The number of ether oxygens (including phenoxy) is 3. The third kappa shape index (κ3) is 4.67. The first-order chi connectivity index (χ1) is 16.9. The maximum absolute atomic E-state index is 13.4. The number of anilines is 1. The molecule has 7 nitrogen and oxygen atoms in total. The molecule has 3 aromatic rings. The lowest BCUT2D eigenvalue weighted by molar-refractivity contribution is -0.117. The van der Waals surface area contributed by atoms with E-state index in [4.69, 9.17) is 14.2 Å². The number of benzene rings is 3. The Bertz CT molecular complexity index is 1240. The Balaban J connectivity index is 1.73. The van der Waals surface area contributed by atoms with Gasteiger partial charge in [0.15, 0.2) is 11.5 Å². The van der Waals surface area contributed by atoms with Gasteiger partial charge in [-0.3, -0.25) is 9.59 Å². The Morgan fingerprint density at radius 3 is 2.29 bits per heavy atom. The zero-order valence-corrected chi connectivity index (χ0v) is 20.7. The number of hydrogen-bond acceptors (Lipinski definition) is 5. The number of nitrogens with zero attached hydrogens (tertiary/aromatic N) is 1. The summed E-state index contributed by atoms with van der Waals surface area (Å²) in [5, 5.41) is 3.03. The van der Waals surface area contributed by atoms with E-state index in [2.05, 4.69) is 5.32 Å². The second kappa shape index (κ2) is 10.1. The van der Waals surface area contributed by atoms with Gasteiger partial charge in [-0.25, -0.2) is 0 Å². The number of hydrogen-bond donors (Lipinski definition) is 1. The minimum absolute atomic E-state index is 0.0613. The van der Waals surface area contributed by atoms with Gasteiger partial charge in [0.25, 0.3) is 5.91 Å². The zero-order chi connectivity index (χ0) is 25.1. The predicted octanol–water partition coefficient (Wildman–Crippen LogP) is 5.06. The smallest absolute Gasteiger partial charge is 0.255 e. The van der Waals surface area contributed by atoms with Crippen molar-refractivity contribution < 1.29 is 23.8 Å². The molecule has 0 spiro atoms. The van der Waals surface area contributed by atoms with Crippen LogP contribution in [0, 0.1) is 13.8 Å². The van der Waals surface area contributed by atoms with Gasteiger partial charge in [-0.2, -0.15) is 0 Å². The van der Waals surface area contributed by atoms with Gasteiger partial charge in [0.1, 0.15) is 0 Å². The maximum atomic E-state index is 13.4. The first kappa shape index (κ1) is 24.1. The van der Waals surface area contributed by atoms with E-state index in [1.807, 2.05) is 56.3 Å². The molecule has 1 heterocycles. The largest absolute Gasteiger partial charge is 0.493 e. The summed E-state index contributed by atoms with van der Waals surface area (Å²) in [4.78, 5) is 28.4. The quantitative estimate of drug-likeness (QED) is 0.494. The van der Waals surface area contributed by atoms with Crippen LogP contribution in [-0.4, -0.2) is 38.0 Å². The Morgan fingerprint density at radius 2 is 1.66 bits per heavy atom. The molecule has 7 heteroatoms. The lowest BCUT2D eigenvalue weighted by Crippen LogP contribution is -2.32. The summed E-state index contributed by atoms with van der Waals surface area (Å²) >= 11 is 0. The molecule has 0 bridgehead atoms. The highest BCUT2D eigenvalue weighted by Gasteiger charge is 2.35. The summed E-state index contributed by atoms with van der Waals surface area (Å²) < 4.78 is 16.5. The molecule has 4 rings (SSSR count). The molecule has 0 fully saturated rings. The molecule has 3 aromatic carbocycles. The number of methoxy groups -OCH3 is 3. The van der Waals surface area contributed by atoms with E-state index in [0.717, 1.165) is 27.9 Å². The van der Waals surface area contributed by atoms with Crippen molar-refractivity contribution in [3.63, 3.8) is 0 Å². The molecule has 0 saturated carbocycles. The standard InChI is InChI=1S/C28H30N2O5/c1-17-9-8-12-22(18(17)2)29-26(31)15-23(30-16-19-10-6-7-11-21(19)28(30)32)20-13-24(33-3)27(35-5)25(14-20)34-4/h6-14,23H,15-16H2,1-5H3,(H,29,31). The molecule has 0 radical (unpaired) electrons. The predicted molar refractivity (Wildman–Crippen MR) is 134 cm³/mol. The summed E-state index contributed by atoms with van der Waals surface area (Å²) in [6.45, 7) is 4.39. The molecule has 1 aliphatic heterocycles. The van der Waals surface area contributed by atoms with Crippen LogP contribution in [0.2, 0.25) is 0 Å². The minimum Gasteiger partial charge on any atom is -0.493 e. The van der Waals surface area contributed by atoms with Crippen LogP contribution in [0.1, 0.15) is 45.1 Å². The van der Waals surface area contributed by atoms with Crippen LogP contribution in [0.15, 0.2) is 54.6 Å². The molecular weight excluding hydrogens is 444 g/mol. The molecule has 35 heavy (non-hydrogen) atoms. The van der Waals surface area contributed by atoms with Gasteiger partial charge in [-0.15, -0.1) is 0 Å². The lowest BCUT2D eigenvalue weighted by atomic mass is 9.99. The molecule has 1 unspecified atom stereocenters. The van der Waals surface area contributed by atoms with Gasteiger partial charge < -0.3 is 24.4 Å². The second-order valence-electron chi connectivity index (χ2n) is 8.56. The molecule has 2 amide bonds. The first-order valence-electron chi connectivity index (χ1n) is 11.4. The molecule has 1 N–H and O–H groups in total. The molecule has 0 aromatic heterocycles. The zero-order valence-electron chi connectivity index (χ0n) is 20.7. The normalized spacial score (nSPS) is 13.3. The molecular formula is C28H30N2O5. The number of fused-ring (bicyclic) bond motifs is 1. The van der Waals surface area contributed by atoms with E-state index in [0.29, 0.717) is 29.4 Å². The molecule has 182 valence electrons. The van der Waals surface area contributed by atoms with Crippen molar-refractivity contribution in [2.24, 2.45) is 0 Å². The third-order valence-electron chi connectivity index (χ3n) is 6.55. The lowest BCUT2D eigenvalue weighted by Gasteiger charge is -2.29. The van der Waals surface area contributed by atoms with E-state index in [9.17, 15) is 9.59 Å². The fourth-order valence-corrected chi connectivity index (χ4v) is 4.49. The van der Waals surface area contributed by atoms with E-state index in [-0.39, 0.29) is 18.2 Å². The summed E-state index contributed by atoms with van der Waals surface area (Å²) in [7, 11) is 4.62. The number of carbonyl (C=O) groups is 2. The first-order valence-corrected chi connectivity index (χ1v) is 11.4. The summed E-state index contributed by atoms with van der Waals surface area (Å²) in [6, 6.07) is 16.4. The highest BCUT2D eigenvalue weighted by atomic mass is 16.5. The van der Waals surface area contributed by atoms with Crippen LogP contribution in [0.25, 0.3) is 0 Å². The number of aryl methyl sites for hydroxylation is 1. The Morgan fingerprint density at radius 1 is 0.971 bits per heavy atom. The van der Waals surface area contributed by atoms with Crippen LogP contribution in [0.4, 0.5) is 5.69 Å². The topological polar surface area (TPSA) is 77.1 Å². The van der Waals surface area contributed by atoms with Crippen LogP contribution >= 0.6 is 0 Å². The summed E-state index contributed by atoms with van der Waals surface area (Å²) in [5.41, 5.74) is 5.17. The van der Waals surface area contributed by atoms with E-state index < -0.39 is 6.04 Å². The number of nitrogens with one attached hydrogen (secondary N) is 1. The third-order valence-corrected chi connectivity index (χ3v) is 6.55. The van der Waals surface area contributed by atoms with Crippen LogP contribution in [0.3, 0.4) is 0 Å².